The van der Waals surface area contributed by atoms with Crippen LogP contribution >= 0.6 is 11.8 Å². The van der Waals surface area contributed by atoms with Crippen molar-refractivity contribution in [2.45, 2.75) is 30.5 Å². The molecule has 2 unspecified atom stereocenters. The molecule has 1 saturated heterocycles. The van der Waals surface area contributed by atoms with Gasteiger partial charge in [-0.25, -0.2) is 4.98 Å². The van der Waals surface area contributed by atoms with Gasteiger partial charge in [0.1, 0.15) is 5.82 Å². The average molecular weight is 224 g/mol. The van der Waals surface area contributed by atoms with Gasteiger partial charge in [-0.3, -0.25) is 0 Å². The first kappa shape index (κ1) is 10.8. The van der Waals surface area contributed by atoms with Crippen molar-refractivity contribution < 1.29 is 4.74 Å². The van der Waals surface area contributed by atoms with E-state index in [1.807, 2.05) is 23.9 Å². The summed E-state index contributed by atoms with van der Waals surface area (Å²) in [5.41, 5.74) is 6.91. The molecule has 3 nitrogen and oxygen atoms in total. The standard InChI is InChI=1S/C11H16N2OS/c1-8-10(4-6-14-8)15-7-9-3-2-5-13-11(9)12/h2-3,5,8,10H,4,6-7H2,1H3,(H2,12,13). The molecule has 1 fully saturated rings. The smallest absolute Gasteiger partial charge is 0.127 e. The quantitative estimate of drug-likeness (QED) is 0.854. The Morgan fingerprint density at radius 3 is 3.20 bits per heavy atom. The Morgan fingerprint density at radius 1 is 1.67 bits per heavy atom. The van der Waals surface area contributed by atoms with Crippen LogP contribution in [0.4, 0.5) is 5.82 Å². The van der Waals surface area contributed by atoms with E-state index in [4.69, 9.17) is 10.5 Å². The van der Waals surface area contributed by atoms with Crippen molar-refractivity contribution >= 4 is 17.6 Å². The van der Waals surface area contributed by atoms with Crippen LogP contribution in [0.1, 0.15) is 18.9 Å². The lowest BCUT2D eigenvalue weighted by Gasteiger charge is -2.13. The molecule has 15 heavy (non-hydrogen) atoms. The number of pyridine rings is 1. The maximum absolute atomic E-state index is 5.78. The zero-order chi connectivity index (χ0) is 10.7. The van der Waals surface area contributed by atoms with Gasteiger partial charge in [-0.2, -0.15) is 11.8 Å². The molecule has 0 saturated carbocycles. The number of hydrogen-bond acceptors (Lipinski definition) is 4. The van der Waals surface area contributed by atoms with Crippen molar-refractivity contribution in [3.05, 3.63) is 23.9 Å². The fourth-order valence-electron chi connectivity index (χ4n) is 1.70. The number of nitrogen functional groups attached to an aromatic ring is 1. The lowest BCUT2D eigenvalue weighted by atomic mass is 10.2. The number of hydrogen-bond donors (Lipinski definition) is 1. The molecular weight excluding hydrogens is 208 g/mol. The highest BCUT2D eigenvalue weighted by atomic mass is 32.2. The molecule has 1 aliphatic rings. The minimum atomic E-state index is 0.368. The Hall–Kier alpha value is -0.740. The Morgan fingerprint density at radius 2 is 2.53 bits per heavy atom. The summed E-state index contributed by atoms with van der Waals surface area (Å²) in [6, 6.07) is 3.97. The molecule has 2 atom stereocenters. The molecule has 0 aliphatic carbocycles. The van der Waals surface area contributed by atoms with Crippen molar-refractivity contribution in [2.75, 3.05) is 12.3 Å². The van der Waals surface area contributed by atoms with Crippen LogP contribution in [0.25, 0.3) is 0 Å². The second-order valence-electron chi connectivity index (χ2n) is 3.76. The summed E-state index contributed by atoms with van der Waals surface area (Å²) in [5.74, 6) is 1.58. The maximum atomic E-state index is 5.78. The summed E-state index contributed by atoms with van der Waals surface area (Å²) in [6.45, 7) is 3.03. The molecule has 2 rings (SSSR count). The van der Waals surface area contributed by atoms with Crippen LogP contribution in [0.3, 0.4) is 0 Å². The third-order valence-corrected chi connectivity index (χ3v) is 4.21. The van der Waals surface area contributed by atoms with E-state index in [0.717, 1.165) is 24.3 Å². The Labute approximate surface area is 94.4 Å². The van der Waals surface area contributed by atoms with E-state index < -0.39 is 0 Å². The van der Waals surface area contributed by atoms with Crippen molar-refractivity contribution in [3.63, 3.8) is 0 Å². The van der Waals surface area contributed by atoms with Crippen LogP contribution in [0.2, 0.25) is 0 Å². The summed E-state index contributed by atoms with van der Waals surface area (Å²) in [4.78, 5) is 4.08. The van der Waals surface area contributed by atoms with Crippen molar-refractivity contribution in [2.24, 2.45) is 0 Å². The molecule has 2 N–H and O–H groups in total. The monoisotopic (exact) mass is 224 g/mol. The molecule has 0 amide bonds. The SMILES string of the molecule is CC1OCCC1SCc1cccnc1N. The largest absolute Gasteiger partial charge is 0.383 e. The first-order chi connectivity index (χ1) is 7.27. The Kier molecular flexibility index (Phi) is 3.49. The van der Waals surface area contributed by atoms with Crippen molar-refractivity contribution in [1.29, 1.82) is 0 Å². The fraction of sp³-hybridized carbons (Fsp3) is 0.545. The topological polar surface area (TPSA) is 48.1 Å². The van der Waals surface area contributed by atoms with E-state index in [1.165, 1.54) is 0 Å². The average Bonchev–Trinajstić information content (AvgIpc) is 2.63. The van der Waals surface area contributed by atoms with Crippen LogP contribution in [0, 0.1) is 0 Å². The number of nitrogens with zero attached hydrogens (tertiary/aromatic N) is 1. The van der Waals surface area contributed by atoms with Gasteiger partial charge in [0.2, 0.25) is 0 Å². The number of thioether (sulfide) groups is 1. The molecule has 2 heterocycles. The molecule has 0 spiro atoms. The van der Waals surface area contributed by atoms with Crippen LogP contribution < -0.4 is 5.73 Å². The highest BCUT2D eigenvalue weighted by Crippen LogP contribution is 2.29. The maximum Gasteiger partial charge on any atom is 0.127 e. The van der Waals surface area contributed by atoms with E-state index in [2.05, 4.69) is 11.9 Å². The normalized spacial score (nSPS) is 25.7. The molecule has 82 valence electrons. The minimum absolute atomic E-state index is 0.368. The van der Waals surface area contributed by atoms with E-state index in [-0.39, 0.29) is 0 Å². The highest BCUT2D eigenvalue weighted by molar-refractivity contribution is 7.99. The summed E-state index contributed by atoms with van der Waals surface area (Å²) in [6.07, 6.45) is 3.24. The number of ether oxygens (including phenoxy) is 1. The summed E-state index contributed by atoms with van der Waals surface area (Å²) < 4.78 is 5.52. The van der Waals surface area contributed by atoms with E-state index in [0.29, 0.717) is 17.2 Å². The summed E-state index contributed by atoms with van der Waals surface area (Å²) >= 11 is 1.91. The van der Waals surface area contributed by atoms with Gasteiger partial charge in [-0.15, -0.1) is 0 Å². The number of anilines is 1. The molecule has 1 aliphatic heterocycles. The van der Waals surface area contributed by atoms with E-state index in [9.17, 15) is 0 Å². The second-order valence-corrected chi connectivity index (χ2v) is 4.99. The van der Waals surface area contributed by atoms with Gasteiger partial charge in [0.25, 0.3) is 0 Å². The van der Waals surface area contributed by atoms with E-state index >= 15 is 0 Å². The van der Waals surface area contributed by atoms with Gasteiger partial charge in [0, 0.05) is 29.4 Å². The second kappa shape index (κ2) is 4.86. The fourth-order valence-corrected chi connectivity index (χ4v) is 2.95. The number of rotatable bonds is 3. The van der Waals surface area contributed by atoms with Crippen LogP contribution in [-0.2, 0) is 10.5 Å². The first-order valence-corrected chi connectivity index (χ1v) is 6.25. The third-order valence-electron chi connectivity index (χ3n) is 2.69. The lowest BCUT2D eigenvalue weighted by molar-refractivity contribution is 0.127. The highest BCUT2D eigenvalue weighted by Gasteiger charge is 2.24. The zero-order valence-corrected chi connectivity index (χ0v) is 9.67. The number of aromatic nitrogens is 1. The van der Waals surface area contributed by atoms with Gasteiger partial charge in [0.15, 0.2) is 0 Å². The van der Waals surface area contributed by atoms with Gasteiger partial charge in [0.05, 0.1) is 6.10 Å². The van der Waals surface area contributed by atoms with Crippen LogP contribution in [-0.4, -0.2) is 22.9 Å². The van der Waals surface area contributed by atoms with Crippen molar-refractivity contribution in [1.82, 2.24) is 4.98 Å². The zero-order valence-electron chi connectivity index (χ0n) is 8.85. The molecule has 1 aromatic heterocycles. The molecule has 4 heteroatoms. The van der Waals surface area contributed by atoms with Crippen LogP contribution in [0.5, 0.6) is 0 Å². The molecule has 0 aromatic carbocycles. The van der Waals surface area contributed by atoms with Crippen LogP contribution in [0.15, 0.2) is 18.3 Å². The Bertz CT molecular complexity index is 332. The van der Waals surface area contributed by atoms with Gasteiger partial charge < -0.3 is 10.5 Å². The molecular formula is C11H16N2OS. The molecule has 0 bridgehead atoms. The molecule has 1 aromatic rings. The minimum Gasteiger partial charge on any atom is -0.383 e. The first-order valence-electron chi connectivity index (χ1n) is 5.20. The summed E-state index contributed by atoms with van der Waals surface area (Å²) in [5, 5.41) is 0.601. The summed E-state index contributed by atoms with van der Waals surface area (Å²) in [7, 11) is 0. The predicted octanol–water partition coefficient (Wildman–Crippen LogP) is 2.07. The predicted molar refractivity (Wildman–Crippen MR) is 63.8 cm³/mol. The number of nitrogens with two attached hydrogens (primary N) is 1. The van der Waals surface area contributed by atoms with E-state index in [1.54, 1.807) is 6.20 Å². The Balaban J connectivity index is 1.90. The third kappa shape index (κ3) is 2.63. The van der Waals surface area contributed by atoms with Gasteiger partial charge >= 0.3 is 0 Å². The van der Waals surface area contributed by atoms with Crippen molar-refractivity contribution in [3.8, 4) is 0 Å². The lowest BCUT2D eigenvalue weighted by Crippen LogP contribution is -2.13. The van der Waals surface area contributed by atoms with Gasteiger partial charge in [-0.05, 0) is 19.4 Å². The van der Waals surface area contributed by atoms with Gasteiger partial charge in [-0.1, -0.05) is 6.07 Å². The molecule has 0 radical (unpaired) electrons.